The lowest BCUT2D eigenvalue weighted by Gasteiger charge is -2.46. The van der Waals surface area contributed by atoms with Crippen molar-refractivity contribution in [1.82, 2.24) is 5.32 Å². The zero-order valence-electron chi connectivity index (χ0n) is 37.7. The molecule has 2 aliphatic heterocycles. The Morgan fingerprint density at radius 3 is 1.61 bits per heavy atom. The first kappa shape index (κ1) is 55.6. The third-order valence-corrected chi connectivity index (χ3v) is 11.9. The van der Waals surface area contributed by atoms with Crippen molar-refractivity contribution in [3.05, 3.63) is 24.3 Å². The normalized spacial score (nSPS) is 28.2. The number of allylic oxidation sites excluding steroid dienone is 3. The molecule has 0 bridgehead atoms. The van der Waals surface area contributed by atoms with Gasteiger partial charge in [0, 0.05) is 6.42 Å². The van der Waals surface area contributed by atoms with Crippen LogP contribution >= 0.6 is 0 Å². The van der Waals surface area contributed by atoms with E-state index in [0.29, 0.717) is 12.8 Å². The minimum Gasteiger partial charge on any atom is -0.394 e. The highest BCUT2D eigenvalue weighted by Crippen LogP contribution is 2.30. The Morgan fingerprint density at radius 1 is 0.574 bits per heavy atom. The standard InChI is InChI=1S/C47H87NO13/c1-3-5-7-9-11-13-15-17-18-19-20-22-24-26-28-30-36(51)35(48-39(52)31-29-27-25-23-21-16-14-12-10-8-6-4-2)34-58-46-44(57)42(55)45(38(33-50)60-46)61-47-43(56)41(54)40(53)37(32-49)59-47/h20,22,28,30,35-38,40-47,49-51,53-57H,3-19,21,23-27,29,31-34H2,1-2H3,(H,48,52)/b22-20+,30-28+. The summed E-state index contributed by atoms with van der Waals surface area (Å²) in [6.45, 7) is 2.74. The first-order chi connectivity index (χ1) is 29.6. The van der Waals surface area contributed by atoms with Crippen molar-refractivity contribution in [1.29, 1.82) is 0 Å². The van der Waals surface area contributed by atoms with Gasteiger partial charge in [0.1, 0.15) is 48.8 Å². The SMILES string of the molecule is CCCCCCCCCCC/C=C/CC/C=C/C(O)C(COC1OC(CO)C(OC2OC(CO)C(O)C(O)C2O)C(O)C1O)NC(=O)CCCCCCCCCCCCCC. The first-order valence-corrected chi connectivity index (χ1v) is 24.1. The average molecular weight is 874 g/mol. The third kappa shape index (κ3) is 22.8. The number of nitrogens with one attached hydrogen (secondary N) is 1. The monoisotopic (exact) mass is 874 g/mol. The summed E-state index contributed by atoms with van der Waals surface area (Å²) >= 11 is 0. The second-order valence-electron chi connectivity index (χ2n) is 17.2. The lowest BCUT2D eigenvalue weighted by Crippen LogP contribution is -2.65. The van der Waals surface area contributed by atoms with Crippen molar-refractivity contribution >= 4 is 5.91 Å². The lowest BCUT2D eigenvalue weighted by atomic mass is 9.97. The Hall–Kier alpha value is -1.53. The molecule has 0 radical (unpaired) electrons. The zero-order chi connectivity index (χ0) is 44.7. The predicted octanol–water partition coefficient (Wildman–Crippen LogP) is 5.38. The molecule has 2 fully saturated rings. The van der Waals surface area contributed by atoms with E-state index in [-0.39, 0.29) is 18.9 Å². The molecule has 9 N–H and O–H groups in total. The summed E-state index contributed by atoms with van der Waals surface area (Å²) in [5, 5.41) is 86.5. The maximum absolute atomic E-state index is 13.1. The van der Waals surface area contributed by atoms with Gasteiger partial charge in [-0.05, 0) is 32.1 Å². The van der Waals surface area contributed by atoms with E-state index in [1.54, 1.807) is 6.08 Å². The second-order valence-corrected chi connectivity index (χ2v) is 17.2. The van der Waals surface area contributed by atoms with Crippen LogP contribution < -0.4 is 5.32 Å². The summed E-state index contributed by atoms with van der Waals surface area (Å²) in [6, 6.07) is -0.924. The number of carbonyl (C=O) groups excluding carboxylic acids is 1. The second kappa shape index (κ2) is 34.8. The fourth-order valence-electron chi connectivity index (χ4n) is 7.89. The van der Waals surface area contributed by atoms with Crippen molar-refractivity contribution in [2.24, 2.45) is 0 Å². The largest absolute Gasteiger partial charge is 0.394 e. The summed E-state index contributed by atoms with van der Waals surface area (Å²) in [4.78, 5) is 13.1. The number of aliphatic hydroxyl groups excluding tert-OH is 8. The number of hydrogen-bond acceptors (Lipinski definition) is 13. The fourth-order valence-corrected chi connectivity index (χ4v) is 7.89. The van der Waals surface area contributed by atoms with Crippen LogP contribution in [0.25, 0.3) is 0 Å². The average Bonchev–Trinajstić information content (AvgIpc) is 3.26. The van der Waals surface area contributed by atoms with Crippen LogP contribution in [0.1, 0.15) is 174 Å². The molecule has 12 atom stereocenters. The summed E-state index contributed by atoms with van der Waals surface area (Å²) in [5.41, 5.74) is 0. The predicted molar refractivity (Wildman–Crippen MR) is 235 cm³/mol. The Morgan fingerprint density at radius 2 is 1.05 bits per heavy atom. The Bertz CT molecular complexity index is 1130. The van der Waals surface area contributed by atoms with Gasteiger partial charge in [0.15, 0.2) is 12.6 Å². The van der Waals surface area contributed by atoms with Crippen LogP contribution in [0.15, 0.2) is 24.3 Å². The van der Waals surface area contributed by atoms with E-state index in [9.17, 15) is 45.6 Å². The van der Waals surface area contributed by atoms with Crippen molar-refractivity contribution in [3.8, 4) is 0 Å². The van der Waals surface area contributed by atoms with E-state index in [2.05, 4.69) is 31.3 Å². The van der Waals surface area contributed by atoms with Gasteiger partial charge in [-0.15, -0.1) is 0 Å². The number of carbonyl (C=O) groups is 1. The van der Waals surface area contributed by atoms with Gasteiger partial charge in [0.05, 0.1) is 32.0 Å². The molecule has 14 nitrogen and oxygen atoms in total. The molecule has 61 heavy (non-hydrogen) atoms. The van der Waals surface area contributed by atoms with Crippen LogP contribution in [-0.4, -0.2) is 140 Å². The highest BCUT2D eigenvalue weighted by Gasteiger charge is 2.51. The lowest BCUT2D eigenvalue weighted by molar-refractivity contribution is -0.359. The van der Waals surface area contributed by atoms with Crippen molar-refractivity contribution in [2.45, 2.75) is 248 Å². The molecule has 12 unspecified atom stereocenters. The maximum Gasteiger partial charge on any atom is 0.220 e. The van der Waals surface area contributed by atoms with Crippen LogP contribution in [0.4, 0.5) is 0 Å². The summed E-state index contributed by atoms with van der Waals surface area (Å²) < 4.78 is 22.6. The number of hydrogen-bond donors (Lipinski definition) is 9. The van der Waals surface area contributed by atoms with Gasteiger partial charge in [-0.2, -0.15) is 0 Å². The number of amides is 1. The molecule has 0 saturated carbocycles. The Labute approximate surface area is 367 Å². The molecule has 0 spiro atoms. The molecule has 14 heteroatoms. The molecule has 0 aromatic heterocycles. The van der Waals surface area contributed by atoms with Gasteiger partial charge >= 0.3 is 0 Å². The minimum atomic E-state index is -1.79. The number of ether oxygens (including phenoxy) is 4. The van der Waals surface area contributed by atoms with E-state index >= 15 is 0 Å². The van der Waals surface area contributed by atoms with Crippen LogP contribution in [0, 0.1) is 0 Å². The van der Waals surface area contributed by atoms with E-state index in [1.807, 2.05) is 6.08 Å². The highest BCUT2D eigenvalue weighted by molar-refractivity contribution is 5.76. The van der Waals surface area contributed by atoms with Gasteiger partial charge in [-0.25, -0.2) is 0 Å². The fraction of sp³-hybridized carbons (Fsp3) is 0.894. The molecule has 2 saturated heterocycles. The summed E-state index contributed by atoms with van der Waals surface area (Å²) in [7, 11) is 0. The maximum atomic E-state index is 13.1. The van der Waals surface area contributed by atoms with Gasteiger partial charge in [-0.1, -0.05) is 160 Å². The summed E-state index contributed by atoms with van der Waals surface area (Å²) in [6.07, 6.45) is 19.4. The molecule has 2 rings (SSSR count). The quantitative estimate of drug-likeness (QED) is 0.0285. The van der Waals surface area contributed by atoms with Gasteiger partial charge < -0.3 is 65.1 Å². The number of aliphatic hydroxyl groups is 8. The van der Waals surface area contributed by atoms with Crippen LogP contribution in [0.5, 0.6) is 0 Å². The van der Waals surface area contributed by atoms with Gasteiger partial charge in [-0.3, -0.25) is 4.79 Å². The Balaban J connectivity index is 1.90. The van der Waals surface area contributed by atoms with Crippen molar-refractivity contribution < 1.29 is 64.6 Å². The summed E-state index contributed by atoms with van der Waals surface area (Å²) in [5.74, 6) is -0.251. The molecule has 358 valence electrons. The van der Waals surface area contributed by atoms with E-state index in [0.717, 1.165) is 32.1 Å². The molecule has 2 aliphatic rings. The molecular formula is C47H87NO13. The Kier molecular flexibility index (Phi) is 31.7. The zero-order valence-corrected chi connectivity index (χ0v) is 37.7. The smallest absolute Gasteiger partial charge is 0.220 e. The van der Waals surface area contributed by atoms with E-state index < -0.39 is 86.8 Å². The van der Waals surface area contributed by atoms with Crippen molar-refractivity contribution in [3.63, 3.8) is 0 Å². The third-order valence-electron chi connectivity index (χ3n) is 11.9. The van der Waals surface area contributed by atoms with E-state index in [1.165, 1.54) is 109 Å². The minimum absolute atomic E-state index is 0.251. The first-order valence-electron chi connectivity index (χ1n) is 24.1. The molecule has 2 heterocycles. The van der Waals surface area contributed by atoms with Gasteiger partial charge in [0.25, 0.3) is 0 Å². The van der Waals surface area contributed by atoms with Gasteiger partial charge in [0.2, 0.25) is 5.91 Å². The molecule has 0 aromatic rings. The molecule has 0 aliphatic carbocycles. The number of rotatable bonds is 36. The van der Waals surface area contributed by atoms with Crippen LogP contribution in [-0.2, 0) is 23.7 Å². The topological polar surface area (TPSA) is 228 Å². The molecule has 1 amide bonds. The van der Waals surface area contributed by atoms with Crippen molar-refractivity contribution in [2.75, 3.05) is 19.8 Å². The highest BCUT2D eigenvalue weighted by atomic mass is 16.7. The number of unbranched alkanes of at least 4 members (excludes halogenated alkanes) is 21. The van der Waals surface area contributed by atoms with Crippen LogP contribution in [0.2, 0.25) is 0 Å². The van der Waals surface area contributed by atoms with Crippen LogP contribution in [0.3, 0.4) is 0 Å². The van der Waals surface area contributed by atoms with E-state index in [4.69, 9.17) is 18.9 Å². The molecular weight excluding hydrogens is 787 g/mol. The molecule has 0 aromatic carbocycles.